The van der Waals surface area contributed by atoms with Gasteiger partial charge in [-0.3, -0.25) is 9.69 Å². The lowest BCUT2D eigenvalue weighted by Gasteiger charge is -2.41. The average molecular weight is 449 g/mol. The van der Waals surface area contributed by atoms with E-state index in [9.17, 15) is 9.18 Å². The molecular weight excluding hydrogens is 419 g/mol. The summed E-state index contributed by atoms with van der Waals surface area (Å²) in [6.45, 7) is 3.47. The molecule has 0 fully saturated rings. The van der Waals surface area contributed by atoms with Gasteiger partial charge in [-0.05, 0) is 66.4 Å². The standard InChI is InChI=1S/C27H29FN2O3/c1-18(29-27(31)20-7-5-4-6-8-20)26-23-16-25(33-3)24(32-2)15-21(23)13-14-30(26)17-19-9-11-22(28)12-10-19/h4-12,15-16,18,26H,13-14,17H2,1-3H3,(H,29,31)/t18-,26-/m0/s1. The van der Waals surface area contributed by atoms with E-state index in [4.69, 9.17) is 9.47 Å². The van der Waals surface area contributed by atoms with Gasteiger partial charge in [-0.1, -0.05) is 30.3 Å². The molecule has 1 N–H and O–H groups in total. The molecule has 0 radical (unpaired) electrons. The van der Waals surface area contributed by atoms with E-state index in [1.54, 1.807) is 26.4 Å². The van der Waals surface area contributed by atoms with Crippen LogP contribution in [0.4, 0.5) is 4.39 Å². The summed E-state index contributed by atoms with van der Waals surface area (Å²) in [5.41, 5.74) is 3.92. The molecule has 172 valence electrons. The molecule has 4 rings (SSSR count). The number of amides is 1. The number of hydrogen-bond acceptors (Lipinski definition) is 4. The van der Waals surface area contributed by atoms with E-state index in [-0.39, 0.29) is 23.8 Å². The maximum Gasteiger partial charge on any atom is 0.251 e. The zero-order chi connectivity index (χ0) is 23.4. The number of benzene rings is 3. The maximum absolute atomic E-state index is 13.4. The molecule has 1 aliphatic rings. The highest BCUT2D eigenvalue weighted by Gasteiger charge is 2.34. The summed E-state index contributed by atoms with van der Waals surface area (Å²) in [4.78, 5) is 15.3. The second-order valence-corrected chi connectivity index (χ2v) is 8.33. The molecule has 33 heavy (non-hydrogen) atoms. The Balaban J connectivity index is 1.68. The Hall–Kier alpha value is -3.38. The molecule has 2 atom stereocenters. The number of nitrogens with one attached hydrogen (secondary N) is 1. The molecule has 0 bridgehead atoms. The summed E-state index contributed by atoms with van der Waals surface area (Å²) in [5, 5.41) is 3.19. The molecule has 0 spiro atoms. The summed E-state index contributed by atoms with van der Waals surface area (Å²) < 4.78 is 24.5. The fourth-order valence-corrected chi connectivity index (χ4v) is 4.57. The smallest absolute Gasteiger partial charge is 0.251 e. The number of methoxy groups -OCH3 is 2. The molecule has 1 amide bonds. The number of carbonyl (C=O) groups excluding carboxylic acids is 1. The van der Waals surface area contributed by atoms with Crippen LogP contribution in [0, 0.1) is 5.82 Å². The number of carbonyl (C=O) groups is 1. The summed E-state index contributed by atoms with van der Waals surface area (Å²) in [6.07, 6.45) is 0.840. The van der Waals surface area contributed by atoms with Crippen LogP contribution in [-0.2, 0) is 13.0 Å². The van der Waals surface area contributed by atoms with Crippen LogP contribution in [0.25, 0.3) is 0 Å². The number of rotatable bonds is 7. The van der Waals surface area contributed by atoms with E-state index in [0.29, 0.717) is 23.6 Å². The van der Waals surface area contributed by atoms with E-state index >= 15 is 0 Å². The minimum Gasteiger partial charge on any atom is -0.493 e. The van der Waals surface area contributed by atoms with Gasteiger partial charge in [-0.2, -0.15) is 0 Å². The highest BCUT2D eigenvalue weighted by atomic mass is 19.1. The van der Waals surface area contributed by atoms with Gasteiger partial charge in [0.1, 0.15) is 5.82 Å². The van der Waals surface area contributed by atoms with Crippen molar-refractivity contribution in [1.82, 2.24) is 10.2 Å². The maximum atomic E-state index is 13.4. The Morgan fingerprint density at radius 1 is 1.06 bits per heavy atom. The summed E-state index contributed by atoms with van der Waals surface area (Å²) >= 11 is 0. The van der Waals surface area contributed by atoms with Crippen molar-refractivity contribution in [3.63, 3.8) is 0 Å². The third-order valence-electron chi connectivity index (χ3n) is 6.19. The Kier molecular flexibility index (Phi) is 6.94. The molecule has 5 nitrogen and oxygen atoms in total. The number of halogens is 1. The van der Waals surface area contributed by atoms with Crippen molar-refractivity contribution >= 4 is 5.91 Å². The molecule has 1 aliphatic heterocycles. The Labute approximate surface area is 194 Å². The van der Waals surface area contributed by atoms with Gasteiger partial charge < -0.3 is 14.8 Å². The van der Waals surface area contributed by atoms with Crippen LogP contribution in [0.1, 0.15) is 40.0 Å². The number of nitrogens with zero attached hydrogens (tertiary/aromatic N) is 1. The zero-order valence-electron chi connectivity index (χ0n) is 19.2. The minimum absolute atomic E-state index is 0.0914. The van der Waals surface area contributed by atoms with Crippen molar-refractivity contribution in [2.45, 2.75) is 32.0 Å². The van der Waals surface area contributed by atoms with Gasteiger partial charge in [-0.25, -0.2) is 4.39 Å². The normalized spacial score (nSPS) is 16.5. The highest BCUT2D eigenvalue weighted by Crippen LogP contribution is 2.40. The first-order valence-electron chi connectivity index (χ1n) is 11.1. The lowest BCUT2D eigenvalue weighted by Crippen LogP contribution is -2.47. The molecule has 3 aromatic carbocycles. The largest absolute Gasteiger partial charge is 0.493 e. The van der Waals surface area contributed by atoms with Crippen LogP contribution in [0.2, 0.25) is 0 Å². The van der Waals surface area contributed by atoms with Crippen molar-refractivity contribution < 1.29 is 18.7 Å². The first kappa shape index (κ1) is 22.8. The fourth-order valence-electron chi connectivity index (χ4n) is 4.57. The third kappa shape index (κ3) is 5.01. The summed E-state index contributed by atoms with van der Waals surface area (Å²) in [7, 11) is 3.26. The molecule has 0 saturated carbocycles. The molecule has 3 aromatic rings. The first-order chi connectivity index (χ1) is 16.0. The zero-order valence-corrected chi connectivity index (χ0v) is 19.2. The Morgan fingerprint density at radius 3 is 2.39 bits per heavy atom. The fraction of sp³-hybridized carbons (Fsp3) is 0.296. The molecule has 1 heterocycles. The van der Waals surface area contributed by atoms with Gasteiger partial charge in [0, 0.05) is 24.7 Å². The minimum atomic E-state index is -0.250. The summed E-state index contributed by atoms with van der Waals surface area (Å²) in [5.74, 6) is 0.992. The number of ether oxygens (including phenoxy) is 2. The van der Waals surface area contributed by atoms with Crippen LogP contribution in [0.5, 0.6) is 11.5 Å². The number of hydrogen-bond donors (Lipinski definition) is 1. The van der Waals surface area contributed by atoms with Gasteiger partial charge in [-0.15, -0.1) is 0 Å². The van der Waals surface area contributed by atoms with Crippen LogP contribution in [0.15, 0.2) is 66.7 Å². The lowest BCUT2D eigenvalue weighted by molar-refractivity contribution is 0.0877. The Bertz CT molecular complexity index is 1100. The SMILES string of the molecule is COc1cc2c(cc1OC)[C@H]([C@H](C)NC(=O)c1ccccc1)N(Cc1ccc(F)cc1)CC2. The lowest BCUT2D eigenvalue weighted by atomic mass is 9.87. The van der Waals surface area contributed by atoms with Gasteiger partial charge in [0.15, 0.2) is 11.5 Å². The van der Waals surface area contributed by atoms with Gasteiger partial charge in [0.05, 0.1) is 20.3 Å². The van der Waals surface area contributed by atoms with E-state index in [0.717, 1.165) is 24.1 Å². The molecule has 0 saturated heterocycles. The Morgan fingerprint density at radius 2 is 1.73 bits per heavy atom. The van der Waals surface area contributed by atoms with E-state index in [1.165, 1.54) is 17.7 Å². The average Bonchev–Trinajstić information content (AvgIpc) is 2.84. The van der Waals surface area contributed by atoms with E-state index in [2.05, 4.69) is 10.2 Å². The van der Waals surface area contributed by atoms with E-state index in [1.807, 2.05) is 49.4 Å². The second kappa shape index (κ2) is 10.0. The van der Waals surface area contributed by atoms with Crippen molar-refractivity contribution in [3.05, 3.63) is 94.8 Å². The van der Waals surface area contributed by atoms with Gasteiger partial charge in [0.25, 0.3) is 5.91 Å². The molecule has 0 aliphatic carbocycles. The second-order valence-electron chi connectivity index (χ2n) is 8.33. The monoisotopic (exact) mass is 448 g/mol. The van der Waals surface area contributed by atoms with Crippen LogP contribution >= 0.6 is 0 Å². The van der Waals surface area contributed by atoms with Crippen LogP contribution in [0.3, 0.4) is 0 Å². The van der Waals surface area contributed by atoms with Crippen molar-refractivity contribution in [3.8, 4) is 11.5 Å². The van der Waals surface area contributed by atoms with Crippen molar-refractivity contribution in [2.75, 3.05) is 20.8 Å². The predicted octanol–water partition coefficient (Wildman–Crippen LogP) is 4.76. The molecule has 0 unspecified atom stereocenters. The van der Waals surface area contributed by atoms with E-state index < -0.39 is 0 Å². The first-order valence-corrected chi connectivity index (χ1v) is 11.1. The molecule has 0 aromatic heterocycles. The molecule has 6 heteroatoms. The van der Waals surface area contributed by atoms with Crippen LogP contribution < -0.4 is 14.8 Å². The summed E-state index contributed by atoms with van der Waals surface area (Å²) in [6, 6.07) is 19.6. The van der Waals surface area contributed by atoms with Gasteiger partial charge in [0.2, 0.25) is 0 Å². The third-order valence-corrected chi connectivity index (χ3v) is 6.19. The van der Waals surface area contributed by atoms with Crippen molar-refractivity contribution in [2.24, 2.45) is 0 Å². The number of fused-ring (bicyclic) bond motifs is 1. The predicted molar refractivity (Wildman–Crippen MR) is 126 cm³/mol. The molecular formula is C27H29FN2O3. The van der Waals surface area contributed by atoms with Crippen molar-refractivity contribution in [1.29, 1.82) is 0 Å². The quantitative estimate of drug-likeness (QED) is 0.566. The topological polar surface area (TPSA) is 50.8 Å². The van der Waals surface area contributed by atoms with Gasteiger partial charge >= 0.3 is 0 Å². The van der Waals surface area contributed by atoms with Crippen LogP contribution in [-0.4, -0.2) is 37.6 Å². The highest BCUT2D eigenvalue weighted by molar-refractivity contribution is 5.94.